The van der Waals surface area contributed by atoms with E-state index < -0.39 is 165 Å². The van der Waals surface area contributed by atoms with Gasteiger partial charge < -0.3 is 92.4 Å². The van der Waals surface area contributed by atoms with Crippen LogP contribution < -0.4 is 27.0 Å². The quantitative estimate of drug-likeness (QED) is 0.0385. The minimum atomic E-state index is -1.72. The van der Waals surface area contributed by atoms with Crippen LogP contribution in [0.5, 0.6) is 0 Å². The number of hydrogen-bond donors (Lipinski definition) is 16. The molecule has 12 rings (SSSR count). The Morgan fingerprint density at radius 1 is 0.940 bits per heavy atom. The predicted molar refractivity (Wildman–Crippen MR) is 305 cm³/mol. The summed E-state index contributed by atoms with van der Waals surface area (Å²) >= 11 is 0. The fourth-order valence-electron chi connectivity index (χ4n) is 21.3. The van der Waals surface area contributed by atoms with Crippen molar-refractivity contribution in [3.05, 3.63) is 41.9 Å². The first kappa shape index (κ1) is 60.2. The number of aliphatic hydroxyl groups excluding tert-OH is 8. The first-order chi connectivity index (χ1) is 40.0. The van der Waals surface area contributed by atoms with Gasteiger partial charge in [0.05, 0.1) is 60.7 Å². The van der Waals surface area contributed by atoms with Gasteiger partial charge in [0.15, 0.2) is 6.29 Å². The number of nitrogens with two attached hydrogens (primary N) is 1. The maximum Gasteiger partial charge on any atom is 0.310 e. The van der Waals surface area contributed by atoms with Gasteiger partial charge in [0.2, 0.25) is 5.91 Å². The number of nitrogens with one attached hydrogen (secondary N) is 6. The number of amides is 1. The first-order valence-corrected chi connectivity index (χ1v) is 31.2. The molecule has 27 atom stereocenters. The number of imidazole rings is 2. The van der Waals surface area contributed by atoms with Crippen LogP contribution in [0, 0.1) is 109 Å². The van der Waals surface area contributed by atoms with E-state index >= 15 is 4.79 Å². The number of rotatable bonds is 15. The molecule has 0 aromatic carbocycles. The number of hydrogen-bond acceptors (Lipinski definition) is 18. The maximum atomic E-state index is 15.8. The second-order valence-electron chi connectivity index (χ2n) is 29.0. The lowest BCUT2D eigenvalue weighted by Gasteiger charge is -2.76. The van der Waals surface area contributed by atoms with E-state index in [1.54, 1.807) is 12.5 Å². The summed E-state index contributed by atoms with van der Waals surface area (Å²) in [6.45, 7) is 11.7. The van der Waals surface area contributed by atoms with Gasteiger partial charge in [0.25, 0.3) is 0 Å². The van der Waals surface area contributed by atoms with Crippen molar-refractivity contribution in [3.8, 4) is 11.8 Å². The minimum Gasteiger partial charge on any atom is -0.481 e. The number of carboxylic acids is 1. The lowest BCUT2D eigenvalue weighted by Crippen LogP contribution is -2.75. The number of allylic oxidation sites excluding steroid dienone is 2. The molecule has 22 heteroatoms. The molecule has 22 nitrogen and oxygen atoms in total. The number of ether oxygens (including phenoxy) is 2. The SMILES string of the molecule is CNCCNC[C@@H]([C@H](O)[C@@H](c1cnc[nH]1)[C@@H]1NC(=O)[C@@]23CCC[C@@H]2C#C[C@H]2C=C4[C@@H]5C[C@@](C)(CO)CC[C@]5(C(=O)O)[C@H]5CNc6nc[nH]c6C[C@@H]5[C@@]4(C)[C@]4(C)CC[C@@H]5[C@](C)(CO)[C@H](O[C@@H]6OC[C@@H](O)[C@H](O)[C@H]6O)[C@H](O)[C@H](C[C@@H]13)[C@]5(C)[C@@H]24)[C@@H](N)O. The van der Waals surface area contributed by atoms with E-state index in [0.717, 1.165) is 11.3 Å². The van der Waals surface area contributed by atoms with Gasteiger partial charge >= 0.3 is 5.97 Å². The molecule has 17 N–H and O–H groups in total. The summed E-state index contributed by atoms with van der Waals surface area (Å²) < 4.78 is 12.8. The van der Waals surface area contributed by atoms with E-state index in [-0.39, 0.29) is 38.0 Å². The van der Waals surface area contributed by atoms with Crippen LogP contribution in [0.2, 0.25) is 0 Å². The standard InChI is InChI=1S/C62H93N9O13/c1-56(26-72)14-15-62(55(81)82)37(21-56)33-18-30-9-10-31-8-7-12-61(31)35(44(71-54(61)80)43(40-24-66-28-68-40)45(75)32(51(63)79)22-65-17-16-64-6)19-36-46(76)50(84-53-48(78)47(77)41(74)25-83-53)57(2,27-73)42-11-13-58(3,49(30)59(36,42)4)60(33,5)34-20-39-52(70-29-69-39)67-23-38(34)62/h18,24,28-32,34-38,41-51,53,64-65,67,72-79H,7-8,11-17,19-23,25-27,63H2,1-6H3,(H,66,68)(H,69,70)(H,71,80)(H,81,82)/t30-,31+,32-,34-,35-,36-,37-,38-,41+,42+,43-,44+,45-,46+,47-,48+,49-,50+,51-,53-,56-,57-,58+,59-,60-,61-,62+/m0/s1. The van der Waals surface area contributed by atoms with Crippen molar-refractivity contribution in [1.29, 1.82) is 0 Å². The number of aromatic nitrogens is 4. The Hall–Kier alpha value is -4.06. The molecular weight excluding hydrogens is 1080 g/mol. The lowest BCUT2D eigenvalue weighted by molar-refractivity contribution is -0.343. The van der Waals surface area contributed by atoms with E-state index in [1.807, 2.05) is 14.0 Å². The topological polar surface area (TPSA) is 366 Å². The van der Waals surface area contributed by atoms with E-state index in [0.29, 0.717) is 88.9 Å². The lowest BCUT2D eigenvalue weighted by atomic mass is 9.28. The van der Waals surface area contributed by atoms with Gasteiger partial charge in [-0.2, -0.15) is 0 Å². The summed E-state index contributed by atoms with van der Waals surface area (Å²) in [5.74, 6) is 1.06. The van der Waals surface area contributed by atoms with Gasteiger partial charge in [0, 0.05) is 79.8 Å². The monoisotopic (exact) mass is 1170 g/mol. The summed E-state index contributed by atoms with van der Waals surface area (Å²) in [6.07, 6.45) is 0.152. The molecule has 3 aliphatic heterocycles. The van der Waals surface area contributed by atoms with Crippen LogP contribution in [0.1, 0.15) is 110 Å². The second-order valence-corrected chi connectivity index (χ2v) is 29.0. The van der Waals surface area contributed by atoms with E-state index in [4.69, 9.17) is 20.2 Å². The van der Waals surface area contributed by atoms with Crippen molar-refractivity contribution in [2.75, 3.05) is 58.4 Å². The normalized spacial score (nSPS) is 47.8. The highest BCUT2D eigenvalue weighted by Crippen LogP contribution is 2.80. The van der Waals surface area contributed by atoms with Crippen LogP contribution in [-0.2, 0) is 25.5 Å². The smallest absolute Gasteiger partial charge is 0.310 e. The number of likely N-dealkylation sites (N-methyl/N-ethyl adjacent to an activating group) is 1. The summed E-state index contributed by atoms with van der Waals surface area (Å²) in [4.78, 5) is 46.3. The molecule has 1 spiro atoms. The Kier molecular flexibility index (Phi) is 15.5. The predicted octanol–water partition coefficient (Wildman–Crippen LogP) is 0.787. The first-order valence-electron chi connectivity index (χ1n) is 31.2. The van der Waals surface area contributed by atoms with Crippen LogP contribution >= 0.6 is 0 Å². The number of anilines is 1. The third-order valence-corrected chi connectivity index (χ3v) is 25.6. The van der Waals surface area contributed by atoms with Gasteiger partial charge in [-0.1, -0.05) is 64.5 Å². The van der Waals surface area contributed by atoms with Crippen LogP contribution in [0.4, 0.5) is 5.82 Å². The highest BCUT2D eigenvalue weighted by molar-refractivity contribution is 5.87. The zero-order valence-electron chi connectivity index (χ0n) is 49.5. The molecule has 464 valence electrons. The molecule has 2 saturated heterocycles. The van der Waals surface area contributed by atoms with Crippen LogP contribution in [0.25, 0.3) is 0 Å². The fraction of sp³-hybridized carbons (Fsp3) is 0.806. The maximum absolute atomic E-state index is 15.8. The van der Waals surface area contributed by atoms with Crippen molar-refractivity contribution in [2.45, 2.75) is 160 Å². The van der Waals surface area contributed by atoms with Gasteiger partial charge in [-0.05, 0) is 128 Å². The number of aliphatic hydroxyl groups is 8. The van der Waals surface area contributed by atoms with Crippen molar-refractivity contribution >= 4 is 17.7 Å². The Labute approximate surface area is 491 Å². The summed E-state index contributed by atoms with van der Waals surface area (Å²) in [5, 5.41) is 121. The van der Waals surface area contributed by atoms with E-state index in [2.05, 4.69) is 81.8 Å². The number of carboxylic acid groups (broad SMARTS) is 1. The molecule has 5 saturated carbocycles. The zero-order chi connectivity index (χ0) is 59.8. The number of aromatic amines is 2. The van der Waals surface area contributed by atoms with Crippen molar-refractivity contribution in [1.82, 2.24) is 35.9 Å². The minimum absolute atomic E-state index is 0.106. The number of H-pyrrole nitrogens is 2. The van der Waals surface area contributed by atoms with Gasteiger partial charge in [-0.15, -0.1) is 0 Å². The summed E-state index contributed by atoms with van der Waals surface area (Å²) in [7, 11) is 1.83. The molecule has 7 fully saturated rings. The molecule has 0 unspecified atom stereocenters. The van der Waals surface area contributed by atoms with Crippen molar-refractivity contribution in [2.24, 2.45) is 103 Å². The van der Waals surface area contributed by atoms with Gasteiger partial charge in [-0.3, -0.25) is 9.59 Å². The molecule has 0 radical (unpaired) electrons. The molecule has 7 aliphatic carbocycles. The van der Waals surface area contributed by atoms with Gasteiger partial charge in [0.1, 0.15) is 30.4 Å². The fourth-order valence-corrected chi connectivity index (χ4v) is 21.3. The van der Waals surface area contributed by atoms with Crippen LogP contribution in [0.3, 0.4) is 0 Å². The largest absolute Gasteiger partial charge is 0.481 e. The molecular formula is C62H93N9O13. The average Bonchev–Trinajstić information content (AvgIpc) is 0.692. The number of carbonyl (C=O) groups is 2. The number of carbonyl (C=O) groups excluding carboxylic acids is 1. The third-order valence-electron chi connectivity index (χ3n) is 25.6. The van der Waals surface area contributed by atoms with E-state index in [9.17, 15) is 50.8 Å². The van der Waals surface area contributed by atoms with E-state index in [1.165, 1.54) is 6.33 Å². The van der Waals surface area contributed by atoms with Crippen LogP contribution in [-0.4, -0.2) is 186 Å². The molecule has 0 bridgehead atoms. The molecule has 10 aliphatic rings. The summed E-state index contributed by atoms with van der Waals surface area (Å²) in [5.41, 5.74) is 2.15. The molecule has 2 aromatic rings. The second kappa shape index (κ2) is 21.6. The highest BCUT2D eigenvalue weighted by Gasteiger charge is 2.79. The summed E-state index contributed by atoms with van der Waals surface area (Å²) in [6, 6.07) is -0.841. The number of nitrogens with zero attached hydrogens (tertiary/aromatic N) is 2. The Morgan fingerprint density at radius 3 is 2.43 bits per heavy atom. The molecule has 84 heavy (non-hydrogen) atoms. The molecule has 1 amide bonds. The zero-order valence-corrected chi connectivity index (χ0v) is 49.5. The molecule has 2 aromatic heterocycles. The van der Waals surface area contributed by atoms with Gasteiger partial charge in [-0.25, -0.2) is 9.97 Å². The van der Waals surface area contributed by atoms with Crippen molar-refractivity contribution < 1.29 is 65.0 Å². The highest BCUT2D eigenvalue weighted by atomic mass is 16.7. The molecule has 5 heterocycles. The third kappa shape index (κ3) is 8.43. The average molecular weight is 1170 g/mol. The van der Waals surface area contributed by atoms with Crippen molar-refractivity contribution in [3.63, 3.8) is 0 Å². The number of aliphatic carboxylic acids is 1. The Bertz CT molecular complexity index is 2880. The Balaban J connectivity index is 1.10. The number of fused-ring (bicyclic) bond motifs is 8. The Morgan fingerprint density at radius 2 is 1.73 bits per heavy atom. The van der Waals surface area contributed by atoms with Crippen LogP contribution in [0.15, 0.2) is 30.5 Å².